The molecule has 1 saturated heterocycles. The lowest BCUT2D eigenvalue weighted by molar-refractivity contribution is -0.137. The summed E-state index contributed by atoms with van der Waals surface area (Å²) in [6.45, 7) is 1.97. The van der Waals surface area contributed by atoms with Gasteiger partial charge in [-0.25, -0.2) is 4.79 Å². The number of nitrogens with one attached hydrogen (secondary N) is 1. The van der Waals surface area contributed by atoms with Crippen LogP contribution in [-0.4, -0.2) is 66.7 Å². The Morgan fingerprint density at radius 2 is 1.94 bits per heavy atom. The maximum atomic E-state index is 11.8. The first-order chi connectivity index (χ1) is 8.50. The quantitative estimate of drug-likeness (QED) is 0.707. The van der Waals surface area contributed by atoms with Crippen molar-refractivity contribution in [1.82, 2.24) is 15.1 Å². The van der Waals surface area contributed by atoms with Gasteiger partial charge in [0.2, 0.25) is 0 Å². The van der Waals surface area contributed by atoms with Gasteiger partial charge in [-0.2, -0.15) is 0 Å². The van der Waals surface area contributed by atoms with Gasteiger partial charge in [-0.15, -0.1) is 0 Å². The predicted molar refractivity (Wildman–Crippen MR) is 68.6 cm³/mol. The molecule has 6 nitrogen and oxygen atoms in total. The highest BCUT2D eigenvalue weighted by atomic mass is 16.4. The molecule has 1 fully saturated rings. The molecule has 0 aromatic heterocycles. The first-order valence-electron chi connectivity index (χ1n) is 6.41. The minimum atomic E-state index is -0.823. The van der Waals surface area contributed by atoms with Crippen LogP contribution < -0.4 is 5.32 Å². The molecular formula is C12H23N3O3. The summed E-state index contributed by atoms with van der Waals surface area (Å²) in [6.07, 6.45) is 2.57. The van der Waals surface area contributed by atoms with Gasteiger partial charge in [-0.3, -0.25) is 4.79 Å². The standard InChI is InChI=1S/C12H23N3O3/c1-14(2)10-5-8-15(9-6-10)12(18)13-7-3-4-11(16)17/h10H,3-9H2,1-2H3,(H,13,18)(H,16,17). The lowest BCUT2D eigenvalue weighted by Gasteiger charge is -2.35. The van der Waals surface area contributed by atoms with Crippen molar-refractivity contribution < 1.29 is 14.7 Å². The van der Waals surface area contributed by atoms with Gasteiger partial charge in [0.05, 0.1) is 0 Å². The summed E-state index contributed by atoms with van der Waals surface area (Å²) in [5.74, 6) is -0.823. The molecule has 0 bridgehead atoms. The monoisotopic (exact) mass is 257 g/mol. The number of amides is 2. The van der Waals surface area contributed by atoms with E-state index in [1.807, 2.05) is 0 Å². The molecule has 6 heteroatoms. The summed E-state index contributed by atoms with van der Waals surface area (Å²) in [4.78, 5) is 26.1. The van der Waals surface area contributed by atoms with E-state index < -0.39 is 5.97 Å². The molecule has 0 atom stereocenters. The highest BCUT2D eigenvalue weighted by molar-refractivity contribution is 5.74. The van der Waals surface area contributed by atoms with Gasteiger partial charge in [0, 0.05) is 32.1 Å². The molecule has 0 aromatic rings. The Kier molecular flexibility index (Phi) is 5.91. The Labute approximate surface area is 108 Å². The molecule has 1 heterocycles. The molecule has 1 aliphatic heterocycles. The lowest BCUT2D eigenvalue weighted by Crippen LogP contribution is -2.48. The number of carboxylic acid groups (broad SMARTS) is 1. The number of piperidine rings is 1. The molecule has 2 amide bonds. The number of carbonyl (C=O) groups is 2. The normalized spacial score (nSPS) is 16.9. The van der Waals surface area contributed by atoms with E-state index >= 15 is 0 Å². The van der Waals surface area contributed by atoms with Gasteiger partial charge in [0.1, 0.15) is 0 Å². The van der Waals surface area contributed by atoms with Crippen LogP contribution in [0.15, 0.2) is 0 Å². The molecule has 0 unspecified atom stereocenters. The summed E-state index contributed by atoms with van der Waals surface area (Å²) >= 11 is 0. The zero-order valence-corrected chi connectivity index (χ0v) is 11.2. The number of aliphatic carboxylic acids is 1. The van der Waals surface area contributed by atoms with Crippen LogP contribution in [0.25, 0.3) is 0 Å². The number of urea groups is 1. The van der Waals surface area contributed by atoms with Crippen molar-refractivity contribution in [3.8, 4) is 0 Å². The summed E-state index contributed by atoms with van der Waals surface area (Å²) in [5.41, 5.74) is 0. The minimum absolute atomic E-state index is 0.0717. The van der Waals surface area contributed by atoms with Crippen LogP contribution in [0.2, 0.25) is 0 Å². The second kappa shape index (κ2) is 7.20. The zero-order chi connectivity index (χ0) is 13.5. The Morgan fingerprint density at radius 3 is 2.44 bits per heavy atom. The van der Waals surface area contributed by atoms with E-state index in [1.165, 1.54) is 0 Å². The van der Waals surface area contributed by atoms with Gasteiger partial charge in [0.15, 0.2) is 0 Å². The Morgan fingerprint density at radius 1 is 1.33 bits per heavy atom. The van der Waals surface area contributed by atoms with E-state index in [0.717, 1.165) is 25.9 Å². The number of likely N-dealkylation sites (tertiary alicyclic amines) is 1. The molecule has 104 valence electrons. The summed E-state index contributed by atoms with van der Waals surface area (Å²) in [7, 11) is 4.12. The van der Waals surface area contributed by atoms with E-state index in [9.17, 15) is 9.59 Å². The van der Waals surface area contributed by atoms with Crippen molar-refractivity contribution in [3.63, 3.8) is 0 Å². The number of carbonyl (C=O) groups excluding carboxylic acids is 1. The van der Waals surface area contributed by atoms with Gasteiger partial charge >= 0.3 is 12.0 Å². The van der Waals surface area contributed by atoms with Crippen molar-refractivity contribution >= 4 is 12.0 Å². The Hall–Kier alpha value is -1.30. The fourth-order valence-electron chi connectivity index (χ4n) is 2.13. The van der Waals surface area contributed by atoms with Gasteiger partial charge in [-0.1, -0.05) is 0 Å². The third-order valence-electron chi connectivity index (χ3n) is 3.33. The molecule has 2 N–H and O–H groups in total. The second-order valence-corrected chi connectivity index (χ2v) is 4.91. The van der Waals surface area contributed by atoms with Crippen LogP contribution in [0.3, 0.4) is 0 Å². The molecule has 0 saturated carbocycles. The SMILES string of the molecule is CN(C)C1CCN(C(=O)NCCCC(=O)O)CC1. The van der Waals surface area contributed by atoms with Crippen molar-refractivity contribution in [2.24, 2.45) is 0 Å². The zero-order valence-electron chi connectivity index (χ0n) is 11.2. The molecule has 1 aliphatic rings. The fraction of sp³-hybridized carbons (Fsp3) is 0.833. The minimum Gasteiger partial charge on any atom is -0.481 e. The van der Waals surface area contributed by atoms with Crippen molar-refractivity contribution in [1.29, 1.82) is 0 Å². The topological polar surface area (TPSA) is 72.9 Å². The molecule has 0 aliphatic carbocycles. The maximum absolute atomic E-state index is 11.8. The number of nitrogens with zero attached hydrogens (tertiary/aromatic N) is 2. The maximum Gasteiger partial charge on any atom is 0.317 e. The first-order valence-corrected chi connectivity index (χ1v) is 6.41. The summed E-state index contributed by atoms with van der Waals surface area (Å²) in [6, 6.07) is 0.485. The van der Waals surface area contributed by atoms with Gasteiger partial charge in [-0.05, 0) is 33.4 Å². The van der Waals surface area contributed by atoms with E-state index in [4.69, 9.17) is 5.11 Å². The molecule has 0 radical (unpaired) electrons. The fourth-order valence-corrected chi connectivity index (χ4v) is 2.13. The predicted octanol–water partition coefficient (Wildman–Crippen LogP) is 0.587. The number of hydrogen-bond donors (Lipinski definition) is 2. The van der Waals surface area contributed by atoms with E-state index in [-0.39, 0.29) is 12.5 Å². The smallest absolute Gasteiger partial charge is 0.317 e. The number of carboxylic acids is 1. The van der Waals surface area contributed by atoms with Crippen molar-refractivity contribution in [2.45, 2.75) is 31.7 Å². The Bertz CT molecular complexity index is 286. The van der Waals surface area contributed by atoms with E-state index in [0.29, 0.717) is 19.0 Å². The van der Waals surface area contributed by atoms with Crippen LogP contribution in [0.5, 0.6) is 0 Å². The highest BCUT2D eigenvalue weighted by Gasteiger charge is 2.23. The third-order valence-corrected chi connectivity index (χ3v) is 3.33. The highest BCUT2D eigenvalue weighted by Crippen LogP contribution is 2.13. The largest absolute Gasteiger partial charge is 0.481 e. The van der Waals surface area contributed by atoms with Crippen LogP contribution in [0, 0.1) is 0 Å². The molecule has 0 aromatic carbocycles. The molecule has 0 spiro atoms. The molecule has 1 rings (SSSR count). The van der Waals surface area contributed by atoms with E-state index in [1.54, 1.807) is 4.90 Å². The average Bonchev–Trinajstić information content (AvgIpc) is 2.34. The van der Waals surface area contributed by atoms with Gasteiger partial charge < -0.3 is 20.2 Å². The number of hydrogen-bond acceptors (Lipinski definition) is 3. The molecule has 18 heavy (non-hydrogen) atoms. The van der Waals surface area contributed by atoms with Crippen molar-refractivity contribution in [2.75, 3.05) is 33.7 Å². The third kappa shape index (κ3) is 4.91. The number of rotatable bonds is 5. The Balaban J connectivity index is 2.18. The average molecular weight is 257 g/mol. The first kappa shape index (κ1) is 14.8. The van der Waals surface area contributed by atoms with Gasteiger partial charge in [0.25, 0.3) is 0 Å². The molecular weight excluding hydrogens is 234 g/mol. The summed E-state index contributed by atoms with van der Waals surface area (Å²) < 4.78 is 0. The van der Waals surface area contributed by atoms with Crippen LogP contribution in [0.1, 0.15) is 25.7 Å². The van der Waals surface area contributed by atoms with Crippen LogP contribution in [0.4, 0.5) is 4.79 Å². The van der Waals surface area contributed by atoms with Crippen LogP contribution >= 0.6 is 0 Å². The second-order valence-electron chi connectivity index (χ2n) is 4.91. The van der Waals surface area contributed by atoms with Crippen molar-refractivity contribution in [3.05, 3.63) is 0 Å². The van der Waals surface area contributed by atoms with Crippen LogP contribution in [-0.2, 0) is 4.79 Å². The van der Waals surface area contributed by atoms with E-state index in [2.05, 4.69) is 24.3 Å². The lowest BCUT2D eigenvalue weighted by atomic mass is 10.0. The summed E-state index contributed by atoms with van der Waals surface area (Å²) in [5, 5.41) is 11.2.